The molecule has 0 bridgehead atoms. The highest BCUT2D eigenvalue weighted by molar-refractivity contribution is 5.85. The van der Waals surface area contributed by atoms with E-state index in [4.69, 9.17) is 9.47 Å². The number of amides is 1. The molecule has 1 atom stereocenters. The Balaban J connectivity index is 0.00000208. The average molecular weight is 355 g/mol. The summed E-state index contributed by atoms with van der Waals surface area (Å²) in [6.45, 7) is 7.27. The zero-order chi connectivity index (χ0) is 16.2. The minimum absolute atomic E-state index is 0. The SMILES string of the molecule is CC(C)C(NC(=O)C1CCNCC1)c1ccc2c(c1)OCCO2.Cl. The minimum atomic E-state index is -0.00628. The molecule has 1 amide bonds. The van der Waals surface area contributed by atoms with E-state index in [0.717, 1.165) is 43.0 Å². The number of nitrogens with one attached hydrogen (secondary N) is 2. The minimum Gasteiger partial charge on any atom is -0.486 e. The molecular formula is C18H27ClN2O3. The van der Waals surface area contributed by atoms with E-state index >= 15 is 0 Å². The summed E-state index contributed by atoms with van der Waals surface area (Å²) in [5.74, 6) is 2.15. The molecule has 134 valence electrons. The molecule has 0 saturated carbocycles. The van der Waals surface area contributed by atoms with E-state index in [9.17, 15) is 4.79 Å². The molecule has 24 heavy (non-hydrogen) atoms. The number of benzene rings is 1. The lowest BCUT2D eigenvalue weighted by molar-refractivity contribution is -0.126. The smallest absolute Gasteiger partial charge is 0.223 e. The van der Waals surface area contributed by atoms with Gasteiger partial charge in [0.2, 0.25) is 5.91 Å². The van der Waals surface area contributed by atoms with Crippen molar-refractivity contribution in [3.05, 3.63) is 23.8 Å². The van der Waals surface area contributed by atoms with E-state index in [0.29, 0.717) is 19.1 Å². The summed E-state index contributed by atoms with van der Waals surface area (Å²) in [6, 6.07) is 5.96. The Morgan fingerprint density at radius 3 is 2.50 bits per heavy atom. The summed E-state index contributed by atoms with van der Waals surface area (Å²) in [5.41, 5.74) is 1.08. The van der Waals surface area contributed by atoms with Crippen LogP contribution >= 0.6 is 12.4 Å². The topological polar surface area (TPSA) is 59.6 Å². The molecule has 2 N–H and O–H groups in total. The molecule has 0 radical (unpaired) electrons. The molecule has 6 heteroatoms. The number of fused-ring (bicyclic) bond motifs is 1. The lowest BCUT2D eigenvalue weighted by Gasteiger charge is -2.28. The summed E-state index contributed by atoms with van der Waals surface area (Å²) in [5, 5.41) is 6.55. The number of piperidine rings is 1. The predicted octanol–water partition coefficient (Wildman–Crippen LogP) is 2.69. The molecular weight excluding hydrogens is 328 g/mol. The van der Waals surface area contributed by atoms with E-state index in [-0.39, 0.29) is 30.3 Å². The van der Waals surface area contributed by atoms with Gasteiger partial charge in [0.1, 0.15) is 13.2 Å². The zero-order valence-corrected chi connectivity index (χ0v) is 15.2. The van der Waals surface area contributed by atoms with Crippen LogP contribution in [0.25, 0.3) is 0 Å². The second kappa shape index (κ2) is 8.58. The van der Waals surface area contributed by atoms with Crippen molar-refractivity contribution in [2.24, 2.45) is 11.8 Å². The molecule has 1 fully saturated rings. The van der Waals surface area contributed by atoms with Crippen LogP contribution in [0.2, 0.25) is 0 Å². The van der Waals surface area contributed by atoms with E-state index in [1.165, 1.54) is 0 Å². The van der Waals surface area contributed by atoms with Crippen molar-refractivity contribution in [3.8, 4) is 11.5 Å². The van der Waals surface area contributed by atoms with Gasteiger partial charge in [-0.3, -0.25) is 4.79 Å². The van der Waals surface area contributed by atoms with Gasteiger partial charge in [-0.15, -0.1) is 12.4 Å². The Hall–Kier alpha value is -1.46. The molecule has 0 aromatic heterocycles. The van der Waals surface area contributed by atoms with Crippen LogP contribution in [0.15, 0.2) is 18.2 Å². The quantitative estimate of drug-likeness (QED) is 0.872. The van der Waals surface area contributed by atoms with E-state index in [1.54, 1.807) is 0 Å². The first-order valence-electron chi connectivity index (χ1n) is 8.56. The second-order valence-corrected chi connectivity index (χ2v) is 6.66. The maximum absolute atomic E-state index is 12.6. The summed E-state index contributed by atoms with van der Waals surface area (Å²) in [7, 11) is 0. The highest BCUT2D eigenvalue weighted by atomic mass is 35.5. The lowest BCUT2D eigenvalue weighted by atomic mass is 9.92. The van der Waals surface area contributed by atoms with Crippen LogP contribution in [-0.2, 0) is 4.79 Å². The molecule has 2 heterocycles. The maximum atomic E-state index is 12.6. The van der Waals surface area contributed by atoms with Crippen LogP contribution in [0, 0.1) is 11.8 Å². The van der Waals surface area contributed by atoms with Crippen molar-refractivity contribution in [3.63, 3.8) is 0 Å². The number of hydrogen-bond acceptors (Lipinski definition) is 4. The van der Waals surface area contributed by atoms with Gasteiger partial charge in [-0.05, 0) is 49.5 Å². The highest BCUT2D eigenvalue weighted by Crippen LogP contribution is 2.34. The van der Waals surface area contributed by atoms with Crippen molar-refractivity contribution in [2.75, 3.05) is 26.3 Å². The van der Waals surface area contributed by atoms with Crippen LogP contribution in [0.4, 0.5) is 0 Å². The largest absolute Gasteiger partial charge is 0.486 e. The van der Waals surface area contributed by atoms with Crippen molar-refractivity contribution in [2.45, 2.75) is 32.7 Å². The number of carbonyl (C=O) groups excluding carboxylic acids is 1. The fourth-order valence-corrected chi connectivity index (χ4v) is 3.24. The van der Waals surface area contributed by atoms with Crippen molar-refractivity contribution < 1.29 is 14.3 Å². The first-order valence-corrected chi connectivity index (χ1v) is 8.56. The lowest BCUT2D eigenvalue weighted by Crippen LogP contribution is -2.40. The van der Waals surface area contributed by atoms with Gasteiger partial charge in [0, 0.05) is 5.92 Å². The number of ether oxygens (including phenoxy) is 2. The van der Waals surface area contributed by atoms with E-state index in [2.05, 4.69) is 24.5 Å². The van der Waals surface area contributed by atoms with Crippen molar-refractivity contribution in [1.29, 1.82) is 0 Å². The third-order valence-corrected chi connectivity index (χ3v) is 4.60. The summed E-state index contributed by atoms with van der Waals surface area (Å²) in [4.78, 5) is 12.6. The Morgan fingerprint density at radius 1 is 1.17 bits per heavy atom. The summed E-state index contributed by atoms with van der Waals surface area (Å²) < 4.78 is 11.2. The molecule has 1 aromatic carbocycles. The van der Waals surface area contributed by atoms with Crippen LogP contribution in [0.3, 0.4) is 0 Å². The van der Waals surface area contributed by atoms with E-state index in [1.807, 2.05) is 18.2 Å². The van der Waals surface area contributed by atoms with Crippen molar-refractivity contribution in [1.82, 2.24) is 10.6 Å². The average Bonchev–Trinajstić information content (AvgIpc) is 2.59. The standard InChI is InChI=1S/C18H26N2O3.ClH/c1-12(2)17(20-18(21)13-5-7-19-8-6-13)14-3-4-15-16(11-14)23-10-9-22-15;/h3-4,11-13,17,19H,5-10H2,1-2H3,(H,20,21);1H. The highest BCUT2D eigenvalue weighted by Gasteiger charge is 2.26. The zero-order valence-electron chi connectivity index (χ0n) is 14.3. The second-order valence-electron chi connectivity index (χ2n) is 6.66. The van der Waals surface area contributed by atoms with Crippen LogP contribution in [-0.4, -0.2) is 32.2 Å². The van der Waals surface area contributed by atoms with Crippen molar-refractivity contribution >= 4 is 18.3 Å². The Morgan fingerprint density at radius 2 is 1.83 bits per heavy atom. The number of rotatable bonds is 4. The molecule has 0 spiro atoms. The van der Waals surface area contributed by atoms with Gasteiger partial charge < -0.3 is 20.1 Å². The fourth-order valence-electron chi connectivity index (χ4n) is 3.24. The molecule has 5 nitrogen and oxygen atoms in total. The molecule has 0 aliphatic carbocycles. The van der Waals surface area contributed by atoms with Crippen LogP contribution < -0.4 is 20.1 Å². The molecule has 2 aliphatic heterocycles. The van der Waals surface area contributed by atoms with Crippen LogP contribution in [0.5, 0.6) is 11.5 Å². The number of halogens is 1. The van der Waals surface area contributed by atoms with Gasteiger partial charge >= 0.3 is 0 Å². The van der Waals surface area contributed by atoms with Gasteiger partial charge in [-0.1, -0.05) is 19.9 Å². The fraction of sp³-hybridized carbons (Fsp3) is 0.611. The molecule has 1 aromatic rings. The van der Waals surface area contributed by atoms with Gasteiger partial charge in [-0.25, -0.2) is 0 Å². The molecule has 2 aliphatic rings. The first-order chi connectivity index (χ1) is 11.1. The summed E-state index contributed by atoms with van der Waals surface area (Å²) >= 11 is 0. The Kier molecular flexibility index (Phi) is 6.75. The molecule has 3 rings (SSSR count). The monoisotopic (exact) mass is 354 g/mol. The normalized spacial score (nSPS) is 18.6. The van der Waals surface area contributed by atoms with Gasteiger partial charge in [0.05, 0.1) is 6.04 Å². The molecule has 1 unspecified atom stereocenters. The van der Waals surface area contributed by atoms with Crippen LogP contribution in [0.1, 0.15) is 38.3 Å². The Bertz CT molecular complexity index is 559. The predicted molar refractivity (Wildman–Crippen MR) is 96.0 cm³/mol. The van der Waals surface area contributed by atoms with Gasteiger partial charge in [0.25, 0.3) is 0 Å². The first kappa shape index (κ1) is 18.9. The maximum Gasteiger partial charge on any atom is 0.223 e. The number of carbonyl (C=O) groups is 1. The third-order valence-electron chi connectivity index (χ3n) is 4.60. The van der Waals surface area contributed by atoms with Gasteiger partial charge in [-0.2, -0.15) is 0 Å². The Labute approximate surface area is 149 Å². The van der Waals surface area contributed by atoms with Gasteiger partial charge in [0.15, 0.2) is 11.5 Å². The molecule has 1 saturated heterocycles. The summed E-state index contributed by atoms with van der Waals surface area (Å²) in [6.07, 6.45) is 1.83. The third kappa shape index (κ3) is 4.33. The number of hydrogen-bond donors (Lipinski definition) is 2. The van der Waals surface area contributed by atoms with E-state index < -0.39 is 0 Å².